The standard InChI is InChI=1S/C40H39Cl4F2N11/c41-24-4-3-22(28(30(24)44)32-34-36(55-53-32)51-26(20-49-34)56-13-9-38(10-14-56)5-1-2-6-38)21-17-23(29(43)25(42)18-21)31-33-35(54-52-31)50-27(19-48-33)57-15-11-39(12-16-57)7-8-40(45,46)37(39)47/h3-4,17-20,37H,1-2,5-16,47H2,(H,50,52,54)(H,51,53,55). The van der Waals surface area contributed by atoms with Crippen molar-refractivity contribution in [2.24, 2.45) is 16.6 Å². The summed E-state index contributed by atoms with van der Waals surface area (Å²) in [5.41, 5.74) is 11.6. The van der Waals surface area contributed by atoms with E-state index in [1.165, 1.54) is 38.5 Å². The molecule has 0 radical (unpaired) electrons. The summed E-state index contributed by atoms with van der Waals surface area (Å²) >= 11 is 27.4. The second-order valence-corrected chi connectivity index (χ2v) is 18.0. The van der Waals surface area contributed by atoms with E-state index < -0.39 is 17.4 Å². The highest BCUT2D eigenvalue weighted by molar-refractivity contribution is 6.45. The van der Waals surface area contributed by atoms with Crippen LogP contribution in [0.2, 0.25) is 20.1 Å². The summed E-state index contributed by atoms with van der Waals surface area (Å²) in [4.78, 5) is 23.7. The summed E-state index contributed by atoms with van der Waals surface area (Å²) < 4.78 is 28.7. The van der Waals surface area contributed by atoms with Crippen LogP contribution in [0.4, 0.5) is 20.4 Å². The number of benzene rings is 2. The molecule has 2 saturated carbocycles. The average molecular weight is 854 g/mol. The van der Waals surface area contributed by atoms with Crippen molar-refractivity contribution in [1.29, 1.82) is 0 Å². The summed E-state index contributed by atoms with van der Waals surface area (Å²) in [7, 11) is 0. The Morgan fingerprint density at radius 2 is 1.26 bits per heavy atom. The van der Waals surface area contributed by atoms with E-state index in [0.717, 1.165) is 18.9 Å². The third kappa shape index (κ3) is 6.22. The van der Waals surface area contributed by atoms with E-state index in [9.17, 15) is 8.78 Å². The van der Waals surface area contributed by atoms with E-state index in [4.69, 9.17) is 72.1 Å². The van der Waals surface area contributed by atoms with Crippen LogP contribution >= 0.6 is 46.4 Å². The molecule has 17 heteroatoms. The Hall–Kier alpha value is -3.88. The summed E-state index contributed by atoms with van der Waals surface area (Å²) in [6.07, 6.45) is 12.6. The number of anilines is 2. The monoisotopic (exact) mass is 851 g/mol. The van der Waals surface area contributed by atoms with Crippen LogP contribution in [0.25, 0.3) is 56.0 Å². The van der Waals surface area contributed by atoms with Gasteiger partial charge in [-0.15, -0.1) is 0 Å². The number of hydrogen-bond donors (Lipinski definition) is 3. The molecule has 4 N–H and O–H groups in total. The molecule has 0 bridgehead atoms. The van der Waals surface area contributed by atoms with E-state index in [-0.39, 0.29) is 6.42 Å². The lowest BCUT2D eigenvalue weighted by atomic mass is 9.74. The van der Waals surface area contributed by atoms with E-state index in [0.29, 0.717) is 120 Å². The molecule has 57 heavy (non-hydrogen) atoms. The Kier molecular flexibility index (Phi) is 9.09. The van der Waals surface area contributed by atoms with Gasteiger partial charge in [0, 0.05) is 43.7 Å². The molecule has 296 valence electrons. The predicted molar refractivity (Wildman–Crippen MR) is 222 cm³/mol. The van der Waals surface area contributed by atoms with Crippen LogP contribution < -0.4 is 15.5 Å². The molecule has 2 spiro atoms. The highest BCUT2D eigenvalue weighted by Gasteiger charge is 2.57. The van der Waals surface area contributed by atoms with Crippen LogP contribution in [0.3, 0.4) is 0 Å². The smallest absolute Gasteiger partial charge is 0.263 e. The third-order valence-electron chi connectivity index (χ3n) is 13.4. The lowest BCUT2D eigenvalue weighted by Gasteiger charge is -2.42. The second-order valence-electron chi connectivity index (χ2n) is 16.4. The van der Waals surface area contributed by atoms with Gasteiger partial charge < -0.3 is 15.5 Å². The van der Waals surface area contributed by atoms with Gasteiger partial charge >= 0.3 is 0 Å². The van der Waals surface area contributed by atoms with Crippen LogP contribution in [-0.4, -0.2) is 78.5 Å². The van der Waals surface area contributed by atoms with Gasteiger partial charge in [-0.3, -0.25) is 10.2 Å². The zero-order chi connectivity index (χ0) is 39.3. The van der Waals surface area contributed by atoms with Crippen LogP contribution in [0.1, 0.15) is 64.2 Å². The molecule has 2 aliphatic heterocycles. The fraction of sp³-hybridized carbons (Fsp3) is 0.450. The first kappa shape index (κ1) is 37.4. The van der Waals surface area contributed by atoms with Gasteiger partial charge in [-0.25, -0.2) is 28.7 Å². The molecule has 4 aromatic heterocycles. The lowest BCUT2D eigenvalue weighted by Crippen LogP contribution is -2.52. The number of fused-ring (bicyclic) bond motifs is 2. The number of H-pyrrole nitrogens is 2. The summed E-state index contributed by atoms with van der Waals surface area (Å²) in [6.45, 7) is 3.02. The van der Waals surface area contributed by atoms with E-state index in [2.05, 4.69) is 30.2 Å². The molecule has 1 unspecified atom stereocenters. The molecular formula is C40H39Cl4F2N11. The normalized spacial score (nSPS) is 21.5. The number of nitrogens with two attached hydrogens (primary N) is 1. The van der Waals surface area contributed by atoms with E-state index in [1.54, 1.807) is 18.3 Å². The molecule has 0 amide bonds. The van der Waals surface area contributed by atoms with Crippen LogP contribution in [0, 0.1) is 10.8 Å². The largest absolute Gasteiger partial charge is 0.355 e. The molecule has 10 rings (SSSR count). The third-order valence-corrected chi connectivity index (χ3v) is 15.0. The molecule has 6 heterocycles. The molecule has 4 aliphatic rings. The van der Waals surface area contributed by atoms with Crippen molar-refractivity contribution < 1.29 is 8.78 Å². The Morgan fingerprint density at radius 3 is 1.88 bits per heavy atom. The summed E-state index contributed by atoms with van der Waals surface area (Å²) in [5.74, 6) is -1.40. The Labute approximate surface area is 347 Å². The van der Waals surface area contributed by atoms with E-state index >= 15 is 0 Å². The Bertz CT molecular complexity index is 2530. The molecular weight excluding hydrogens is 814 g/mol. The first-order valence-corrected chi connectivity index (χ1v) is 21.0. The minimum absolute atomic E-state index is 0.162. The van der Waals surface area contributed by atoms with Gasteiger partial charge in [0.25, 0.3) is 5.92 Å². The van der Waals surface area contributed by atoms with Crippen molar-refractivity contribution in [3.05, 3.63) is 56.7 Å². The minimum Gasteiger partial charge on any atom is -0.355 e. The average Bonchev–Trinajstić information content (AvgIpc) is 4.01. The van der Waals surface area contributed by atoms with Crippen molar-refractivity contribution in [3.8, 4) is 33.6 Å². The first-order chi connectivity index (χ1) is 27.4. The highest BCUT2D eigenvalue weighted by atomic mass is 35.5. The second kappa shape index (κ2) is 13.9. The summed E-state index contributed by atoms with van der Waals surface area (Å²) in [5, 5.41) is 16.6. The highest BCUT2D eigenvalue weighted by Crippen LogP contribution is 2.53. The zero-order valence-electron chi connectivity index (χ0n) is 30.9. The molecule has 2 aliphatic carbocycles. The van der Waals surface area contributed by atoms with Gasteiger partial charge in [0.1, 0.15) is 22.7 Å². The number of aromatic amines is 2. The number of alkyl halides is 2. The molecule has 6 aromatic rings. The fourth-order valence-electron chi connectivity index (χ4n) is 9.95. The minimum atomic E-state index is -2.83. The first-order valence-electron chi connectivity index (χ1n) is 19.5. The maximum absolute atomic E-state index is 14.3. The van der Waals surface area contributed by atoms with Gasteiger partial charge in [0.15, 0.2) is 0 Å². The Balaban J connectivity index is 0.958. The molecule has 4 fully saturated rings. The zero-order valence-corrected chi connectivity index (χ0v) is 33.9. The molecule has 1 atom stereocenters. The van der Waals surface area contributed by atoms with Crippen LogP contribution in [0.15, 0.2) is 36.7 Å². The number of piperidine rings is 2. The fourth-order valence-corrected chi connectivity index (χ4v) is 10.8. The van der Waals surface area contributed by atoms with E-state index in [1.807, 2.05) is 18.3 Å². The number of nitrogens with one attached hydrogen (secondary N) is 2. The Morgan fingerprint density at radius 1 is 0.667 bits per heavy atom. The molecule has 2 aromatic carbocycles. The quantitative estimate of drug-likeness (QED) is 0.155. The van der Waals surface area contributed by atoms with Crippen molar-refractivity contribution in [2.45, 2.75) is 76.2 Å². The molecule has 2 saturated heterocycles. The summed E-state index contributed by atoms with van der Waals surface area (Å²) in [6, 6.07) is 6.13. The van der Waals surface area contributed by atoms with Crippen molar-refractivity contribution in [2.75, 3.05) is 36.0 Å². The lowest BCUT2D eigenvalue weighted by molar-refractivity contribution is -0.0279. The predicted octanol–water partition coefficient (Wildman–Crippen LogP) is 10.1. The number of halogens is 6. The van der Waals surface area contributed by atoms with Crippen molar-refractivity contribution in [3.63, 3.8) is 0 Å². The number of nitrogens with zero attached hydrogens (tertiary/aromatic N) is 8. The number of hydrogen-bond acceptors (Lipinski definition) is 9. The maximum atomic E-state index is 14.3. The van der Waals surface area contributed by atoms with Gasteiger partial charge in [0.2, 0.25) is 11.3 Å². The van der Waals surface area contributed by atoms with Crippen LogP contribution in [0.5, 0.6) is 0 Å². The van der Waals surface area contributed by atoms with Gasteiger partial charge in [0.05, 0.1) is 49.9 Å². The van der Waals surface area contributed by atoms with Crippen LogP contribution in [-0.2, 0) is 0 Å². The molecule has 11 nitrogen and oxygen atoms in total. The van der Waals surface area contributed by atoms with Crippen molar-refractivity contribution >= 4 is 80.4 Å². The van der Waals surface area contributed by atoms with Crippen molar-refractivity contribution in [1.82, 2.24) is 40.3 Å². The topological polar surface area (TPSA) is 141 Å². The van der Waals surface area contributed by atoms with Gasteiger partial charge in [-0.1, -0.05) is 65.3 Å². The van der Waals surface area contributed by atoms with Gasteiger partial charge in [-0.2, -0.15) is 10.2 Å². The number of aromatic nitrogens is 8. The number of rotatable bonds is 5. The maximum Gasteiger partial charge on any atom is 0.263 e. The SMILES string of the molecule is NC1C(F)(F)CCC12CCN(c1cnc3c(-c4cc(-c5ccc(Cl)c(Cl)c5-c5[nH]nc6nc(N7CCC8(CCCC8)CC7)cnc56)cc(Cl)c4Cl)[nH]nc3n1)CC2. The van der Waals surface area contributed by atoms with Gasteiger partial charge in [-0.05, 0) is 85.1 Å².